The van der Waals surface area contributed by atoms with Crippen molar-refractivity contribution in [2.45, 2.75) is 154 Å². The number of aliphatic hydroxyl groups is 1. The van der Waals surface area contributed by atoms with Gasteiger partial charge < -0.3 is 9.66 Å². The molecule has 0 amide bonds. The average Bonchev–Trinajstić information content (AvgIpc) is 2.67. The molecule has 0 spiro atoms. The van der Waals surface area contributed by atoms with Crippen molar-refractivity contribution in [3.63, 3.8) is 0 Å². The number of rotatable bonds is 22. The van der Waals surface area contributed by atoms with Gasteiger partial charge in [-0.15, -0.1) is 0 Å². The monoisotopic (exact) mass is 456 g/mol. The summed E-state index contributed by atoms with van der Waals surface area (Å²) in [7, 11) is -4.16. The molecule has 0 radical (unpaired) electrons. The smallest absolute Gasteiger partial charge is 0.748 e. The molecule has 4 nitrogen and oxygen atoms in total. The van der Waals surface area contributed by atoms with E-state index in [-0.39, 0.29) is 35.7 Å². The van der Waals surface area contributed by atoms with Crippen LogP contribution in [0.1, 0.15) is 142 Å². The van der Waals surface area contributed by atoms with Crippen LogP contribution in [-0.4, -0.2) is 29.4 Å². The molecule has 0 aromatic rings. The molecule has 2 unspecified atom stereocenters. The van der Waals surface area contributed by atoms with Gasteiger partial charge in [0.2, 0.25) is 0 Å². The van der Waals surface area contributed by atoms with Gasteiger partial charge in [-0.3, -0.25) is 0 Å². The Morgan fingerprint density at radius 3 is 1.27 bits per heavy atom. The van der Waals surface area contributed by atoms with E-state index >= 15 is 0 Å². The molecular weight excluding hydrogens is 407 g/mol. The molecule has 1 N–H and O–H groups in total. The maximum absolute atomic E-state index is 11.4. The molecule has 0 fully saturated rings. The second-order valence-electron chi connectivity index (χ2n) is 8.87. The molecule has 0 saturated carbocycles. The Balaban J connectivity index is 0. The van der Waals surface area contributed by atoms with Crippen molar-refractivity contribution in [1.82, 2.24) is 0 Å². The first kappa shape index (κ1) is 33.0. The van der Waals surface area contributed by atoms with Crippen LogP contribution < -0.4 is 29.6 Å². The minimum Gasteiger partial charge on any atom is -0.748 e. The van der Waals surface area contributed by atoms with Crippen LogP contribution in [0, 0.1) is 0 Å². The van der Waals surface area contributed by atoms with Gasteiger partial charge in [0.05, 0.1) is 16.2 Å². The fourth-order valence-electron chi connectivity index (χ4n) is 4.00. The van der Waals surface area contributed by atoms with E-state index in [0.717, 1.165) is 77.0 Å². The molecule has 30 heavy (non-hydrogen) atoms. The molecule has 0 bridgehead atoms. The quantitative estimate of drug-likeness (QED) is 0.151. The number of hydrogen-bond donors (Lipinski definition) is 1. The molecule has 0 aliphatic carbocycles. The molecule has 0 heterocycles. The summed E-state index contributed by atoms with van der Waals surface area (Å²) in [6.45, 7) is 4.36. The van der Waals surface area contributed by atoms with Crippen LogP contribution in [0.2, 0.25) is 0 Å². The van der Waals surface area contributed by atoms with Gasteiger partial charge in [0.1, 0.15) is 0 Å². The van der Waals surface area contributed by atoms with Gasteiger partial charge in [0, 0.05) is 5.25 Å². The third kappa shape index (κ3) is 22.1. The van der Waals surface area contributed by atoms with Crippen LogP contribution in [0.4, 0.5) is 0 Å². The van der Waals surface area contributed by atoms with Crippen LogP contribution in [0.15, 0.2) is 0 Å². The molecule has 2 atom stereocenters. The van der Waals surface area contributed by atoms with E-state index in [1.807, 2.05) is 0 Å². The summed E-state index contributed by atoms with van der Waals surface area (Å²) in [4.78, 5) is 0. The van der Waals surface area contributed by atoms with Crippen LogP contribution in [0.5, 0.6) is 0 Å². The van der Waals surface area contributed by atoms with Gasteiger partial charge in [-0.25, -0.2) is 8.42 Å². The zero-order valence-corrected chi connectivity index (χ0v) is 23.2. The predicted molar refractivity (Wildman–Crippen MR) is 123 cm³/mol. The molecule has 6 heteroatoms. The van der Waals surface area contributed by atoms with E-state index in [2.05, 4.69) is 13.8 Å². The second-order valence-corrected chi connectivity index (χ2v) is 10.5. The fourth-order valence-corrected chi connectivity index (χ4v) is 4.91. The minimum atomic E-state index is -4.16. The van der Waals surface area contributed by atoms with Crippen molar-refractivity contribution < 1.29 is 47.6 Å². The molecule has 0 aliphatic rings. The SMILES string of the molecule is CCCCCCCCCC(O)CCCCCCCC(CCCCCC)S(=O)(=O)[O-].[Na+]. The Hall–Kier alpha value is 0.870. The van der Waals surface area contributed by atoms with E-state index < -0.39 is 15.4 Å². The Kier molecular flexibility index (Phi) is 25.4. The first-order chi connectivity index (χ1) is 13.9. The minimum absolute atomic E-state index is 0. The molecule has 0 rings (SSSR count). The molecule has 0 aliphatic heterocycles. The van der Waals surface area contributed by atoms with Crippen molar-refractivity contribution in [2.24, 2.45) is 0 Å². The summed E-state index contributed by atoms with van der Waals surface area (Å²) >= 11 is 0. The standard InChI is InChI=1S/C24H50O4S.Na/c1-3-5-7-9-10-12-15-19-23(25)20-16-13-11-14-18-22-24(29(26,27)28)21-17-8-6-4-2;/h23-25H,3-22H2,1-2H3,(H,26,27,28);/q;+1/p-1. The molecule has 176 valence electrons. The van der Waals surface area contributed by atoms with E-state index in [1.165, 1.54) is 38.5 Å². The number of hydrogen-bond acceptors (Lipinski definition) is 4. The molecule has 0 aromatic heterocycles. The van der Waals surface area contributed by atoms with Gasteiger partial charge >= 0.3 is 29.6 Å². The van der Waals surface area contributed by atoms with Crippen LogP contribution in [0.3, 0.4) is 0 Å². The van der Waals surface area contributed by atoms with Crippen molar-refractivity contribution >= 4 is 10.1 Å². The number of aliphatic hydroxyl groups excluding tert-OH is 1. The summed E-state index contributed by atoms with van der Waals surface area (Å²) in [5.74, 6) is 0. The summed E-state index contributed by atoms with van der Waals surface area (Å²) in [5.41, 5.74) is 0. The molecule has 0 saturated heterocycles. The zero-order chi connectivity index (χ0) is 21.8. The van der Waals surface area contributed by atoms with Gasteiger partial charge in [0.15, 0.2) is 0 Å². The van der Waals surface area contributed by atoms with Gasteiger partial charge in [-0.05, 0) is 25.7 Å². The first-order valence-corrected chi connectivity index (χ1v) is 14.0. The Morgan fingerprint density at radius 2 is 0.900 bits per heavy atom. The maximum Gasteiger partial charge on any atom is 1.00 e. The van der Waals surface area contributed by atoms with Crippen LogP contribution in [-0.2, 0) is 10.1 Å². The topological polar surface area (TPSA) is 77.4 Å². The van der Waals surface area contributed by atoms with E-state index in [0.29, 0.717) is 12.8 Å². The van der Waals surface area contributed by atoms with E-state index in [4.69, 9.17) is 0 Å². The first-order valence-electron chi connectivity index (χ1n) is 12.5. The normalized spacial score (nSPS) is 13.7. The van der Waals surface area contributed by atoms with Crippen molar-refractivity contribution in [1.29, 1.82) is 0 Å². The van der Waals surface area contributed by atoms with Crippen molar-refractivity contribution in [2.75, 3.05) is 0 Å². The maximum atomic E-state index is 11.4. The summed E-state index contributed by atoms with van der Waals surface area (Å²) in [5, 5.41) is 9.38. The van der Waals surface area contributed by atoms with Gasteiger partial charge in [-0.2, -0.15) is 0 Å². The fraction of sp³-hybridized carbons (Fsp3) is 1.00. The Labute approximate surface area is 210 Å². The van der Waals surface area contributed by atoms with E-state index in [1.54, 1.807) is 0 Å². The number of unbranched alkanes of at least 4 members (excludes halogenated alkanes) is 13. The largest absolute Gasteiger partial charge is 1.00 e. The Morgan fingerprint density at radius 1 is 0.600 bits per heavy atom. The third-order valence-electron chi connectivity index (χ3n) is 5.99. The third-order valence-corrected chi connectivity index (χ3v) is 7.28. The van der Waals surface area contributed by atoms with Crippen LogP contribution in [0.25, 0.3) is 0 Å². The Bertz CT molecular complexity index is 442. The van der Waals surface area contributed by atoms with Crippen LogP contribution >= 0.6 is 0 Å². The van der Waals surface area contributed by atoms with Gasteiger partial charge in [-0.1, -0.05) is 117 Å². The second kappa shape index (κ2) is 23.0. The average molecular weight is 457 g/mol. The predicted octanol–water partition coefficient (Wildman–Crippen LogP) is 4.11. The van der Waals surface area contributed by atoms with E-state index in [9.17, 15) is 18.1 Å². The summed E-state index contributed by atoms with van der Waals surface area (Å²) in [6.07, 6.45) is 20.7. The van der Waals surface area contributed by atoms with Gasteiger partial charge in [0.25, 0.3) is 0 Å². The zero-order valence-electron chi connectivity index (χ0n) is 20.4. The summed E-state index contributed by atoms with van der Waals surface area (Å²) in [6, 6.07) is 0. The summed E-state index contributed by atoms with van der Waals surface area (Å²) < 4.78 is 34.3. The molecule has 0 aromatic carbocycles. The molecular formula is C24H49NaO4S. The van der Waals surface area contributed by atoms with Crippen molar-refractivity contribution in [3.8, 4) is 0 Å². The van der Waals surface area contributed by atoms with Crippen molar-refractivity contribution in [3.05, 3.63) is 0 Å².